The van der Waals surface area contributed by atoms with Crippen LogP contribution < -0.4 is 9.47 Å². The Morgan fingerprint density at radius 2 is 1.90 bits per heavy atom. The largest absolute Gasteiger partial charge is 0.496 e. The van der Waals surface area contributed by atoms with Crippen molar-refractivity contribution < 1.29 is 19.0 Å². The Hall–Kier alpha value is -2.01. The van der Waals surface area contributed by atoms with Crippen molar-refractivity contribution in [2.45, 2.75) is 6.92 Å². The fourth-order valence-corrected chi connectivity index (χ4v) is 2.10. The Bertz CT molecular complexity index is 657. The number of carbonyl (C=O) groups excluding carboxylic acids is 1. The average Bonchev–Trinajstić information content (AvgIpc) is 2.45. The lowest BCUT2D eigenvalue weighted by Crippen LogP contribution is -2.07. The van der Waals surface area contributed by atoms with Crippen LogP contribution >= 0.6 is 11.6 Å². The highest BCUT2D eigenvalue weighted by atomic mass is 35.5. The van der Waals surface area contributed by atoms with Crippen LogP contribution in [-0.2, 0) is 4.74 Å². The number of benzene rings is 1. The number of hydrogen-bond donors (Lipinski definition) is 0. The highest BCUT2D eigenvalue weighted by Crippen LogP contribution is 2.34. The second kappa shape index (κ2) is 5.96. The highest BCUT2D eigenvalue weighted by Gasteiger charge is 2.18. The van der Waals surface area contributed by atoms with Crippen LogP contribution in [0.15, 0.2) is 18.2 Å². The van der Waals surface area contributed by atoms with E-state index in [0.29, 0.717) is 22.4 Å². The molecule has 6 heteroatoms. The number of fused-ring (bicyclic) bond motifs is 1. The molecule has 0 aliphatic heterocycles. The molecule has 1 aromatic heterocycles. The van der Waals surface area contributed by atoms with Crippen LogP contribution in [0.5, 0.6) is 11.5 Å². The first kappa shape index (κ1) is 14.4. The van der Waals surface area contributed by atoms with E-state index in [-0.39, 0.29) is 17.3 Å². The molecule has 0 atom stereocenters. The predicted octanol–water partition coefficient (Wildman–Crippen LogP) is 3.08. The Labute approximate surface area is 121 Å². The Morgan fingerprint density at radius 1 is 1.25 bits per heavy atom. The number of ether oxygens (including phenoxy) is 3. The number of aromatic nitrogens is 1. The first-order chi connectivity index (χ1) is 9.62. The predicted molar refractivity (Wildman–Crippen MR) is 75.8 cm³/mol. The summed E-state index contributed by atoms with van der Waals surface area (Å²) in [5.74, 6) is 0.616. The summed E-state index contributed by atoms with van der Waals surface area (Å²) in [4.78, 5) is 16.1. The number of hydrogen-bond acceptors (Lipinski definition) is 5. The van der Waals surface area contributed by atoms with Gasteiger partial charge in [0.05, 0.1) is 26.4 Å². The normalized spacial score (nSPS) is 10.4. The monoisotopic (exact) mass is 295 g/mol. The van der Waals surface area contributed by atoms with Crippen LogP contribution in [0.2, 0.25) is 5.15 Å². The zero-order chi connectivity index (χ0) is 14.7. The molecule has 0 fully saturated rings. The molecule has 1 heterocycles. The van der Waals surface area contributed by atoms with Crippen molar-refractivity contribution >= 4 is 28.5 Å². The molecule has 1 aromatic carbocycles. The minimum atomic E-state index is -0.517. The molecule has 2 aromatic rings. The fourth-order valence-electron chi connectivity index (χ4n) is 1.88. The molecule has 0 N–H and O–H groups in total. The average molecular weight is 296 g/mol. The number of halogens is 1. The number of rotatable bonds is 4. The van der Waals surface area contributed by atoms with Crippen molar-refractivity contribution in [3.63, 3.8) is 0 Å². The van der Waals surface area contributed by atoms with Gasteiger partial charge in [-0.1, -0.05) is 11.6 Å². The lowest BCUT2D eigenvalue weighted by Gasteiger charge is -2.11. The van der Waals surface area contributed by atoms with Gasteiger partial charge in [-0.05, 0) is 25.1 Å². The Kier molecular flexibility index (Phi) is 4.29. The van der Waals surface area contributed by atoms with E-state index < -0.39 is 5.97 Å². The standard InChI is InChI=1S/C14H14ClNO4/c1-4-20-14(17)9-7-8-10(18-2)5-6-11(19-3)12(8)16-13(9)15/h5-7H,4H2,1-3H3. The molecule has 106 valence electrons. The van der Waals surface area contributed by atoms with E-state index in [1.54, 1.807) is 32.2 Å². The maximum atomic E-state index is 11.8. The zero-order valence-corrected chi connectivity index (χ0v) is 12.2. The van der Waals surface area contributed by atoms with Crippen LogP contribution in [0, 0.1) is 0 Å². The maximum absolute atomic E-state index is 11.8. The summed E-state index contributed by atoms with van der Waals surface area (Å²) in [6, 6.07) is 5.07. The molecule has 0 spiro atoms. The third-order valence-corrected chi connectivity index (χ3v) is 3.08. The maximum Gasteiger partial charge on any atom is 0.341 e. The summed E-state index contributed by atoms with van der Waals surface area (Å²) in [6.45, 7) is 1.99. The third kappa shape index (κ3) is 2.49. The van der Waals surface area contributed by atoms with E-state index in [9.17, 15) is 4.79 Å². The summed E-state index contributed by atoms with van der Waals surface area (Å²) in [6.07, 6.45) is 0. The minimum absolute atomic E-state index is 0.0718. The molecule has 0 bridgehead atoms. The molecule has 0 radical (unpaired) electrons. The van der Waals surface area contributed by atoms with E-state index in [4.69, 9.17) is 25.8 Å². The van der Waals surface area contributed by atoms with Crippen molar-refractivity contribution in [2.75, 3.05) is 20.8 Å². The van der Waals surface area contributed by atoms with Gasteiger partial charge in [-0.3, -0.25) is 0 Å². The first-order valence-electron chi connectivity index (χ1n) is 6.00. The van der Waals surface area contributed by atoms with Crippen molar-refractivity contribution in [3.8, 4) is 11.5 Å². The molecule has 0 saturated carbocycles. The van der Waals surface area contributed by atoms with E-state index in [2.05, 4.69) is 4.98 Å². The molecule has 5 nitrogen and oxygen atoms in total. The summed E-state index contributed by atoms with van der Waals surface area (Å²) >= 11 is 6.05. The van der Waals surface area contributed by atoms with Gasteiger partial charge in [0, 0.05) is 5.39 Å². The highest BCUT2D eigenvalue weighted by molar-refractivity contribution is 6.33. The quantitative estimate of drug-likeness (QED) is 0.641. The summed E-state index contributed by atoms with van der Waals surface area (Å²) < 4.78 is 15.5. The van der Waals surface area contributed by atoms with Gasteiger partial charge in [0.15, 0.2) is 0 Å². The number of carbonyl (C=O) groups is 1. The van der Waals surface area contributed by atoms with Crippen LogP contribution in [0.1, 0.15) is 17.3 Å². The minimum Gasteiger partial charge on any atom is -0.496 e. The Balaban J connectivity index is 2.70. The number of methoxy groups -OCH3 is 2. The van der Waals surface area contributed by atoms with Gasteiger partial charge in [-0.2, -0.15) is 0 Å². The van der Waals surface area contributed by atoms with E-state index in [0.717, 1.165) is 0 Å². The first-order valence-corrected chi connectivity index (χ1v) is 6.38. The van der Waals surface area contributed by atoms with Crippen LogP contribution in [0.4, 0.5) is 0 Å². The van der Waals surface area contributed by atoms with Gasteiger partial charge in [0.1, 0.15) is 22.2 Å². The molecule has 20 heavy (non-hydrogen) atoms. The van der Waals surface area contributed by atoms with Gasteiger partial charge in [-0.25, -0.2) is 9.78 Å². The van der Waals surface area contributed by atoms with Crippen LogP contribution in [0.25, 0.3) is 10.9 Å². The molecular weight excluding hydrogens is 282 g/mol. The topological polar surface area (TPSA) is 57.7 Å². The summed E-state index contributed by atoms with van der Waals surface area (Å²) in [5.41, 5.74) is 0.734. The summed E-state index contributed by atoms with van der Waals surface area (Å²) in [7, 11) is 3.08. The second-order valence-electron chi connectivity index (χ2n) is 3.91. The zero-order valence-electron chi connectivity index (χ0n) is 11.4. The van der Waals surface area contributed by atoms with Gasteiger partial charge < -0.3 is 14.2 Å². The van der Waals surface area contributed by atoms with Crippen LogP contribution in [-0.4, -0.2) is 31.8 Å². The van der Waals surface area contributed by atoms with Crippen molar-refractivity contribution in [3.05, 3.63) is 28.9 Å². The van der Waals surface area contributed by atoms with E-state index in [1.807, 2.05) is 0 Å². The lowest BCUT2D eigenvalue weighted by atomic mass is 10.1. The van der Waals surface area contributed by atoms with Crippen molar-refractivity contribution in [1.29, 1.82) is 0 Å². The summed E-state index contributed by atoms with van der Waals surface area (Å²) in [5, 5.41) is 0.710. The molecule has 0 unspecified atom stereocenters. The van der Waals surface area contributed by atoms with Crippen molar-refractivity contribution in [1.82, 2.24) is 4.98 Å². The number of nitrogens with zero attached hydrogens (tertiary/aromatic N) is 1. The number of esters is 1. The molecule has 0 aliphatic carbocycles. The van der Waals surface area contributed by atoms with E-state index >= 15 is 0 Å². The molecule has 2 rings (SSSR count). The molecular formula is C14H14ClNO4. The fraction of sp³-hybridized carbons (Fsp3) is 0.286. The van der Waals surface area contributed by atoms with Gasteiger partial charge >= 0.3 is 5.97 Å². The van der Waals surface area contributed by atoms with Gasteiger partial charge in [0.25, 0.3) is 0 Å². The molecule has 0 saturated heterocycles. The SMILES string of the molecule is CCOC(=O)c1cc2c(OC)ccc(OC)c2nc1Cl. The van der Waals surface area contributed by atoms with Gasteiger partial charge in [-0.15, -0.1) is 0 Å². The van der Waals surface area contributed by atoms with Crippen LogP contribution in [0.3, 0.4) is 0 Å². The van der Waals surface area contributed by atoms with Crippen molar-refractivity contribution in [2.24, 2.45) is 0 Å². The smallest absolute Gasteiger partial charge is 0.341 e. The number of pyridine rings is 1. The second-order valence-corrected chi connectivity index (χ2v) is 4.27. The third-order valence-electron chi connectivity index (χ3n) is 2.80. The van der Waals surface area contributed by atoms with Gasteiger partial charge in [0.2, 0.25) is 0 Å². The molecule has 0 aliphatic rings. The molecule has 0 amide bonds. The Morgan fingerprint density at radius 3 is 2.50 bits per heavy atom. The van der Waals surface area contributed by atoms with E-state index in [1.165, 1.54) is 7.11 Å². The lowest BCUT2D eigenvalue weighted by molar-refractivity contribution is 0.0526.